The molecule has 0 spiro atoms. The summed E-state index contributed by atoms with van der Waals surface area (Å²) >= 11 is 0. The van der Waals surface area contributed by atoms with Crippen molar-refractivity contribution in [3.05, 3.63) is 35.3 Å². The third kappa shape index (κ3) is 4.01. The minimum absolute atomic E-state index is 0.0234. The lowest BCUT2D eigenvalue weighted by atomic mass is 9.93. The van der Waals surface area contributed by atoms with Gasteiger partial charge in [0.25, 0.3) is 0 Å². The second kappa shape index (κ2) is 6.58. The van der Waals surface area contributed by atoms with Gasteiger partial charge in [0, 0.05) is 17.5 Å². The van der Waals surface area contributed by atoms with Crippen molar-refractivity contribution < 1.29 is 18.7 Å². The van der Waals surface area contributed by atoms with Gasteiger partial charge < -0.3 is 20.2 Å². The molecular weight excluding hydrogens is 299 g/mol. The van der Waals surface area contributed by atoms with Crippen LogP contribution in [0.4, 0.5) is 9.18 Å². The number of carbonyl (C=O) groups is 1. The van der Waals surface area contributed by atoms with Gasteiger partial charge in [0.05, 0.1) is 12.1 Å². The first-order chi connectivity index (χ1) is 10.7. The number of hydrogen-bond donors (Lipinski definition) is 3. The van der Waals surface area contributed by atoms with Crippen LogP contribution in [-0.2, 0) is 6.54 Å². The van der Waals surface area contributed by atoms with Crippen LogP contribution in [0, 0.1) is 18.7 Å². The molecule has 1 aromatic heterocycles. The number of halogens is 1. The summed E-state index contributed by atoms with van der Waals surface area (Å²) in [6.45, 7) is 7.62. The van der Waals surface area contributed by atoms with E-state index in [1.165, 1.54) is 12.1 Å². The number of carbonyl (C=O) groups excluding carboxylic acids is 1. The second-order valence-corrected chi connectivity index (χ2v) is 6.34. The zero-order valence-corrected chi connectivity index (χ0v) is 13.9. The van der Waals surface area contributed by atoms with Crippen LogP contribution in [0.2, 0.25) is 0 Å². The topological polar surface area (TPSA) is 74.5 Å². The van der Waals surface area contributed by atoms with Crippen LogP contribution in [-0.4, -0.2) is 23.3 Å². The van der Waals surface area contributed by atoms with Gasteiger partial charge in [-0.3, -0.25) is 0 Å². The summed E-state index contributed by atoms with van der Waals surface area (Å²) in [4.78, 5) is 11.8. The van der Waals surface area contributed by atoms with Crippen molar-refractivity contribution in [3.8, 4) is 0 Å². The molecule has 0 radical (unpaired) electrons. The van der Waals surface area contributed by atoms with E-state index in [0.29, 0.717) is 16.7 Å². The van der Waals surface area contributed by atoms with Gasteiger partial charge in [0.1, 0.15) is 17.2 Å². The molecule has 0 bridgehead atoms. The van der Waals surface area contributed by atoms with E-state index in [1.807, 2.05) is 20.8 Å². The molecule has 0 fully saturated rings. The lowest BCUT2D eigenvalue weighted by Crippen LogP contribution is -2.47. The average molecular weight is 322 g/mol. The molecule has 0 saturated carbocycles. The predicted octanol–water partition coefficient (Wildman–Crippen LogP) is 3.09. The molecule has 5 nitrogen and oxygen atoms in total. The summed E-state index contributed by atoms with van der Waals surface area (Å²) in [6, 6.07) is 3.93. The quantitative estimate of drug-likeness (QED) is 0.792. The van der Waals surface area contributed by atoms with Gasteiger partial charge in [-0.05, 0) is 38.0 Å². The maximum atomic E-state index is 13.3. The van der Waals surface area contributed by atoms with E-state index in [1.54, 1.807) is 13.0 Å². The molecule has 0 aliphatic carbocycles. The number of aliphatic hydroxyl groups is 1. The Balaban J connectivity index is 1.96. The van der Waals surface area contributed by atoms with E-state index in [9.17, 15) is 14.3 Å². The first-order valence-electron chi connectivity index (χ1n) is 7.62. The van der Waals surface area contributed by atoms with Gasteiger partial charge in [-0.15, -0.1) is 0 Å². The maximum absolute atomic E-state index is 13.3. The molecular formula is C17H23FN2O3. The van der Waals surface area contributed by atoms with Crippen LogP contribution in [0.25, 0.3) is 11.0 Å². The Bertz CT molecular complexity index is 707. The summed E-state index contributed by atoms with van der Waals surface area (Å²) in [5.74, 6) is 0.279. The number of aryl methyl sites for hydroxylation is 1. The minimum atomic E-state index is -0.968. The van der Waals surface area contributed by atoms with Crippen molar-refractivity contribution in [2.75, 3.05) is 6.54 Å². The lowest BCUT2D eigenvalue weighted by Gasteiger charge is -2.27. The standard InChI is InChI=1S/C17H23FN2O3/c1-10(2)17(4,22)9-20-16(21)19-8-15-11(3)13-7-12(18)5-6-14(13)23-15/h5-7,10,22H,8-9H2,1-4H3,(H2,19,20,21). The van der Waals surface area contributed by atoms with E-state index in [4.69, 9.17) is 4.42 Å². The predicted molar refractivity (Wildman–Crippen MR) is 86.6 cm³/mol. The molecule has 2 amide bonds. The molecule has 126 valence electrons. The molecule has 2 rings (SSSR count). The molecule has 1 heterocycles. The maximum Gasteiger partial charge on any atom is 0.315 e. The molecule has 0 saturated heterocycles. The van der Waals surface area contributed by atoms with Gasteiger partial charge in [-0.25, -0.2) is 9.18 Å². The Morgan fingerprint density at radius 3 is 2.74 bits per heavy atom. The van der Waals surface area contributed by atoms with Crippen LogP contribution < -0.4 is 10.6 Å². The van der Waals surface area contributed by atoms with Gasteiger partial charge in [-0.1, -0.05) is 13.8 Å². The molecule has 23 heavy (non-hydrogen) atoms. The van der Waals surface area contributed by atoms with Crippen molar-refractivity contribution >= 4 is 17.0 Å². The molecule has 1 atom stereocenters. The smallest absolute Gasteiger partial charge is 0.315 e. The second-order valence-electron chi connectivity index (χ2n) is 6.34. The van der Waals surface area contributed by atoms with E-state index < -0.39 is 11.6 Å². The monoisotopic (exact) mass is 322 g/mol. The zero-order chi connectivity index (χ0) is 17.2. The number of benzene rings is 1. The number of nitrogens with one attached hydrogen (secondary N) is 2. The summed E-state index contributed by atoms with van der Waals surface area (Å²) < 4.78 is 18.9. The van der Waals surface area contributed by atoms with Gasteiger partial charge >= 0.3 is 6.03 Å². The Morgan fingerprint density at radius 2 is 2.09 bits per heavy atom. The molecule has 6 heteroatoms. The van der Waals surface area contributed by atoms with Crippen LogP contribution in [0.3, 0.4) is 0 Å². The Kier molecular flexibility index (Phi) is 4.94. The van der Waals surface area contributed by atoms with Crippen LogP contribution in [0.5, 0.6) is 0 Å². The highest BCUT2D eigenvalue weighted by molar-refractivity contribution is 5.82. The average Bonchev–Trinajstić information content (AvgIpc) is 2.79. The van der Waals surface area contributed by atoms with E-state index >= 15 is 0 Å². The summed E-state index contributed by atoms with van der Waals surface area (Å²) in [5.41, 5.74) is 0.419. The number of amides is 2. The highest BCUT2D eigenvalue weighted by atomic mass is 19.1. The minimum Gasteiger partial charge on any atom is -0.459 e. The highest BCUT2D eigenvalue weighted by Crippen LogP contribution is 2.25. The SMILES string of the molecule is Cc1c(CNC(=O)NCC(C)(O)C(C)C)oc2ccc(F)cc12. The number of rotatable bonds is 5. The first-order valence-corrected chi connectivity index (χ1v) is 7.62. The number of fused-ring (bicyclic) bond motifs is 1. The van der Waals surface area contributed by atoms with Gasteiger partial charge in [-0.2, -0.15) is 0 Å². The Labute approximate surface area is 134 Å². The van der Waals surface area contributed by atoms with Crippen molar-refractivity contribution in [1.29, 1.82) is 0 Å². The van der Waals surface area contributed by atoms with Crippen molar-refractivity contribution in [2.45, 2.75) is 39.8 Å². The first kappa shape index (κ1) is 17.3. The molecule has 1 aromatic carbocycles. The third-order valence-electron chi connectivity index (χ3n) is 4.26. The lowest BCUT2D eigenvalue weighted by molar-refractivity contribution is 0.0166. The normalized spacial score (nSPS) is 14.0. The Hall–Kier alpha value is -2.08. The van der Waals surface area contributed by atoms with E-state index in [-0.39, 0.29) is 24.8 Å². The summed E-state index contributed by atoms with van der Waals surface area (Å²) in [5, 5.41) is 16.1. The van der Waals surface area contributed by atoms with Gasteiger partial charge in [0.2, 0.25) is 0 Å². The third-order valence-corrected chi connectivity index (χ3v) is 4.26. The highest BCUT2D eigenvalue weighted by Gasteiger charge is 2.25. The van der Waals surface area contributed by atoms with Crippen LogP contribution >= 0.6 is 0 Å². The zero-order valence-electron chi connectivity index (χ0n) is 13.9. The summed E-state index contributed by atoms with van der Waals surface area (Å²) in [7, 11) is 0. The Morgan fingerprint density at radius 1 is 1.39 bits per heavy atom. The summed E-state index contributed by atoms with van der Waals surface area (Å²) in [6.07, 6.45) is 0. The molecule has 0 aliphatic heterocycles. The fourth-order valence-electron chi connectivity index (χ4n) is 2.10. The van der Waals surface area contributed by atoms with Gasteiger partial charge in [0.15, 0.2) is 0 Å². The van der Waals surface area contributed by atoms with Crippen molar-refractivity contribution in [1.82, 2.24) is 10.6 Å². The number of hydrogen-bond acceptors (Lipinski definition) is 3. The largest absolute Gasteiger partial charge is 0.459 e. The van der Waals surface area contributed by atoms with Crippen molar-refractivity contribution in [3.63, 3.8) is 0 Å². The molecule has 3 N–H and O–H groups in total. The van der Waals surface area contributed by atoms with Crippen LogP contribution in [0.1, 0.15) is 32.1 Å². The fourth-order valence-corrected chi connectivity index (χ4v) is 2.10. The van der Waals surface area contributed by atoms with E-state index in [2.05, 4.69) is 10.6 Å². The molecule has 2 aromatic rings. The fraction of sp³-hybridized carbons (Fsp3) is 0.471. The van der Waals surface area contributed by atoms with E-state index in [0.717, 1.165) is 5.56 Å². The number of furan rings is 1. The molecule has 0 aliphatic rings. The number of urea groups is 1. The van der Waals surface area contributed by atoms with Crippen LogP contribution in [0.15, 0.2) is 22.6 Å². The molecule has 1 unspecified atom stereocenters. The van der Waals surface area contributed by atoms with Crippen molar-refractivity contribution in [2.24, 2.45) is 5.92 Å².